The van der Waals surface area contributed by atoms with Gasteiger partial charge in [-0.3, -0.25) is 9.78 Å². The molecule has 48 heavy (non-hydrogen) atoms. The molecule has 0 amide bonds. The zero-order chi connectivity index (χ0) is 34.3. The molecule has 0 aliphatic heterocycles. The Morgan fingerprint density at radius 3 is 1.90 bits per heavy atom. The molecule has 2 heterocycles. The van der Waals surface area contributed by atoms with E-state index in [0.717, 1.165) is 64.7 Å². The standard InChI is InChI=1S/C28H25N4.C13H24O2.Ir/c1-17-9-8-10-18(2)23(17)25-24(31-26-27(32-25)30-14-13-29-26)20-15-19-11-6-7-12-21(19)22(16-20)28(3,4)5;1-5-10(6-2)12(14)9-13(15)11(7-3)8-4;/h6-14,16H,1-5H3;9-11,14H,5-8H2,1-4H3;/q-1;;/b;12-9-;. The van der Waals surface area contributed by atoms with Gasteiger partial charge in [-0.15, -0.1) is 29.1 Å². The number of allylic oxidation sites excluding steroid dienone is 2. The van der Waals surface area contributed by atoms with E-state index in [-0.39, 0.29) is 48.9 Å². The SMILES string of the molecule is CCC(CC)C(=O)/C=C(\O)C(CC)CC.Cc1cccc(C)c1-c1nc2nccnc2nc1-c1[c-]c2ccccc2c(C(C)(C)C)c1.[Ir]. The van der Waals surface area contributed by atoms with Crippen LogP contribution in [0.1, 0.15) is 90.8 Å². The maximum Gasteiger partial charge on any atom is 0.197 e. The molecule has 255 valence electrons. The second-order valence-corrected chi connectivity index (χ2v) is 13.3. The number of ketones is 1. The van der Waals surface area contributed by atoms with E-state index in [0.29, 0.717) is 11.3 Å². The Balaban J connectivity index is 0.000000334. The van der Waals surface area contributed by atoms with E-state index in [1.807, 2.05) is 27.7 Å². The molecule has 0 bridgehead atoms. The molecular formula is C41H49IrN4O2-. The first-order chi connectivity index (χ1) is 22.4. The molecule has 0 saturated carbocycles. The van der Waals surface area contributed by atoms with Crippen molar-refractivity contribution >= 4 is 27.9 Å². The molecule has 0 fully saturated rings. The molecule has 0 spiro atoms. The zero-order valence-electron chi connectivity index (χ0n) is 29.8. The Hall–Kier alpha value is -3.80. The average Bonchev–Trinajstić information content (AvgIpc) is 3.05. The summed E-state index contributed by atoms with van der Waals surface area (Å²) in [5.41, 5.74) is 8.23. The minimum Gasteiger partial charge on any atom is -0.512 e. The summed E-state index contributed by atoms with van der Waals surface area (Å²) in [5.74, 6) is 0.547. The number of fused-ring (bicyclic) bond motifs is 2. The fraction of sp³-hybridized carbons (Fsp3) is 0.390. The van der Waals surface area contributed by atoms with E-state index >= 15 is 0 Å². The molecule has 3 aromatic carbocycles. The third kappa shape index (κ3) is 8.80. The summed E-state index contributed by atoms with van der Waals surface area (Å²) in [5, 5.41) is 12.0. The van der Waals surface area contributed by atoms with E-state index in [2.05, 4.69) is 99.2 Å². The Morgan fingerprint density at radius 1 is 0.812 bits per heavy atom. The molecule has 0 unspecified atom stereocenters. The van der Waals surface area contributed by atoms with Gasteiger partial charge in [-0.25, -0.2) is 15.0 Å². The largest absolute Gasteiger partial charge is 0.512 e. The smallest absolute Gasteiger partial charge is 0.197 e. The Bertz CT molecular complexity index is 1870. The minimum absolute atomic E-state index is 0. The van der Waals surface area contributed by atoms with Crippen molar-refractivity contribution in [3.8, 4) is 22.5 Å². The molecule has 5 aromatic rings. The van der Waals surface area contributed by atoms with Gasteiger partial charge >= 0.3 is 0 Å². The van der Waals surface area contributed by atoms with Crippen LogP contribution >= 0.6 is 0 Å². The van der Waals surface area contributed by atoms with Crippen molar-refractivity contribution in [3.63, 3.8) is 0 Å². The van der Waals surface area contributed by atoms with Gasteiger partial charge < -0.3 is 5.11 Å². The summed E-state index contributed by atoms with van der Waals surface area (Å²) in [6.07, 6.45) is 8.22. The van der Waals surface area contributed by atoms with Crippen LogP contribution in [0.25, 0.3) is 44.6 Å². The number of nitrogens with zero attached hydrogens (tertiary/aromatic N) is 4. The van der Waals surface area contributed by atoms with Gasteiger partial charge in [0.1, 0.15) is 0 Å². The van der Waals surface area contributed by atoms with E-state index in [4.69, 9.17) is 9.97 Å². The number of carbonyl (C=O) groups is 1. The zero-order valence-corrected chi connectivity index (χ0v) is 32.2. The van der Waals surface area contributed by atoms with Gasteiger partial charge in [0.15, 0.2) is 17.1 Å². The van der Waals surface area contributed by atoms with Crippen molar-refractivity contribution in [2.45, 2.75) is 93.4 Å². The van der Waals surface area contributed by atoms with E-state index in [9.17, 15) is 9.90 Å². The third-order valence-corrected chi connectivity index (χ3v) is 8.96. The van der Waals surface area contributed by atoms with Gasteiger partial charge in [0, 0.05) is 61.7 Å². The van der Waals surface area contributed by atoms with Crippen molar-refractivity contribution in [2.75, 3.05) is 0 Å². The molecule has 0 saturated heterocycles. The second kappa shape index (κ2) is 17.0. The van der Waals surface area contributed by atoms with Crippen LogP contribution in [-0.4, -0.2) is 30.8 Å². The molecule has 5 rings (SSSR count). The monoisotopic (exact) mass is 822 g/mol. The normalized spacial score (nSPS) is 11.9. The quantitative estimate of drug-likeness (QED) is 0.0905. The molecule has 0 aliphatic rings. The third-order valence-electron chi connectivity index (χ3n) is 8.96. The average molecular weight is 822 g/mol. The fourth-order valence-corrected chi connectivity index (χ4v) is 6.11. The van der Waals surface area contributed by atoms with Crippen LogP contribution in [0.2, 0.25) is 0 Å². The van der Waals surface area contributed by atoms with Gasteiger partial charge in [-0.1, -0.05) is 95.8 Å². The van der Waals surface area contributed by atoms with Crippen molar-refractivity contribution in [1.29, 1.82) is 0 Å². The Morgan fingerprint density at radius 2 is 1.35 bits per heavy atom. The van der Waals surface area contributed by atoms with Gasteiger partial charge in [0.05, 0.1) is 11.5 Å². The number of hydrogen-bond acceptors (Lipinski definition) is 6. The second-order valence-electron chi connectivity index (χ2n) is 13.3. The van der Waals surface area contributed by atoms with Crippen molar-refractivity contribution in [1.82, 2.24) is 19.9 Å². The molecule has 1 radical (unpaired) electrons. The summed E-state index contributed by atoms with van der Waals surface area (Å²) in [7, 11) is 0. The van der Waals surface area contributed by atoms with Gasteiger partial charge in [0.2, 0.25) is 0 Å². The van der Waals surface area contributed by atoms with Crippen molar-refractivity contribution < 1.29 is 30.0 Å². The van der Waals surface area contributed by atoms with Crippen molar-refractivity contribution in [3.05, 3.63) is 95.5 Å². The topological polar surface area (TPSA) is 88.9 Å². The molecule has 2 aromatic heterocycles. The number of aliphatic hydroxyl groups is 1. The minimum atomic E-state index is -0.0354. The van der Waals surface area contributed by atoms with Crippen LogP contribution in [0.3, 0.4) is 0 Å². The molecule has 6 nitrogen and oxygen atoms in total. The first-order valence-corrected chi connectivity index (χ1v) is 16.9. The molecular weight excluding hydrogens is 773 g/mol. The van der Waals surface area contributed by atoms with Gasteiger partial charge in [0.25, 0.3) is 0 Å². The van der Waals surface area contributed by atoms with Gasteiger partial charge in [-0.05, 0) is 56.1 Å². The predicted molar refractivity (Wildman–Crippen MR) is 194 cm³/mol. The maximum atomic E-state index is 11.7. The number of aromatic nitrogens is 4. The summed E-state index contributed by atoms with van der Waals surface area (Å²) < 4.78 is 0. The van der Waals surface area contributed by atoms with E-state index < -0.39 is 0 Å². The van der Waals surface area contributed by atoms with Gasteiger partial charge in [-0.2, -0.15) is 0 Å². The van der Waals surface area contributed by atoms with Crippen LogP contribution in [-0.2, 0) is 30.3 Å². The fourth-order valence-electron chi connectivity index (χ4n) is 6.11. The van der Waals surface area contributed by atoms with Crippen LogP contribution in [0.5, 0.6) is 0 Å². The van der Waals surface area contributed by atoms with Crippen LogP contribution in [0, 0.1) is 31.7 Å². The Labute approximate surface area is 299 Å². The molecule has 0 atom stereocenters. The van der Waals surface area contributed by atoms with Crippen LogP contribution < -0.4 is 0 Å². The maximum absolute atomic E-state index is 11.7. The molecule has 0 aliphatic carbocycles. The van der Waals surface area contributed by atoms with E-state index in [1.54, 1.807) is 12.4 Å². The summed E-state index contributed by atoms with van der Waals surface area (Å²) >= 11 is 0. The summed E-state index contributed by atoms with van der Waals surface area (Å²) in [4.78, 5) is 30.5. The summed E-state index contributed by atoms with van der Waals surface area (Å²) in [6.45, 7) is 19.0. The van der Waals surface area contributed by atoms with E-state index in [1.165, 1.54) is 17.0 Å². The number of aryl methyl sites for hydroxylation is 2. The molecule has 7 heteroatoms. The van der Waals surface area contributed by atoms with Crippen LogP contribution in [0.15, 0.2) is 72.8 Å². The molecule has 1 N–H and O–H groups in total. The number of rotatable bonds is 9. The Kier molecular flexibility index (Phi) is 13.7. The number of benzene rings is 3. The number of aliphatic hydroxyl groups excluding tert-OH is 1. The number of hydrogen-bond donors (Lipinski definition) is 1. The first kappa shape index (κ1) is 38.6. The number of carbonyl (C=O) groups excluding carboxylic acids is 1. The summed E-state index contributed by atoms with van der Waals surface area (Å²) in [6, 6.07) is 20.5. The first-order valence-electron chi connectivity index (χ1n) is 16.9. The predicted octanol–water partition coefficient (Wildman–Crippen LogP) is 10.5. The van der Waals surface area contributed by atoms with Crippen molar-refractivity contribution in [2.24, 2.45) is 11.8 Å². The van der Waals surface area contributed by atoms with Crippen LogP contribution in [0.4, 0.5) is 0 Å².